The third-order valence-corrected chi connectivity index (χ3v) is 2.72. The zero-order valence-electron chi connectivity index (χ0n) is 13.3. The minimum atomic E-state index is -1.21. The Morgan fingerprint density at radius 3 is 1.77 bits per heavy atom. The maximum Gasteiger partial charge on any atom is 0.324 e. The van der Waals surface area contributed by atoms with Crippen molar-refractivity contribution in [3.63, 3.8) is 0 Å². The lowest BCUT2D eigenvalue weighted by atomic mass is 10.2. The lowest BCUT2D eigenvalue weighted by molar-refractivity contribution is -0.404. The summed E-state index contributed by atoms with van der Waals surface area (Å²) < 4.78 is 0. The first kappa shape index (κ1) is 20.0. The summed E-state index contributed by atoms with van der Waals surface area (Å²) in [5, 5.41) is 40.2. The van der Waals surface area contributed by atoms with E-state index in [0.717, 1.165) is 5.69 Å². The molecule has 0 radical (unpaired) electrons. The van der Waals surface area contributed by atoms with Gasteiger partial charge in [-0.15, -0.1) is 0 Å². The van der Waals surface area contributed by atoms with E-state index in [4.69, 9.17) is 10.8 Å². The fourth-order valence-corrected chi connectivity index (χ4v) is 1.68. The second-order valence-electron chi connectivity index (χ2n) is 4.69. The summed E-state index contributed by atoms with van der Waals surface area (Å²) in [5.74, 6) is -0.619. The van der Waals surface area contributed by atoms with Crippen molar-refractivity contribution in [2.24, 2.45) is 10.7 Å². The highest BCUT2D eigenvalue weighted by molar-refractivity contribution is 5.80. The molecule has 0 aliphatic heterocycles. The van der Waals surface area contributed by atoms with Crippen LogP contribution in [-0.4, -0.2) is 25.7 Å². The number of nitrogens with zero attached hydrogens (tertiary/aromatic N) is 4. The van der Waals surface area contributed by atoms with Crippen LogP contribution in [0.4, 0.5) is 22.7 Å². The first-order valence-electron chi connectivity index (χ1n) is 6.79. The molecule has 136 valence electrons. The molecule has 2 aromatic rings. The Balaban J connectivity index is 0.000000289. The molecule has 0 amide bonds. The highest BCUT2D eigenvalue weighted by Crippen LogP contribution is 2.38. The van der Waals surface area contributed by atoms with Gasteiger partial charge >= 0.3 is 11.4 Å². The van der Waals surface area contributed by atoms with Crippen LogP contribution in [0.3, 0.4) is 0 Å². The summed E-state index contributed by atoms with van der Waals surface area (Å²) in [5.41, 5.74) is 3.28. The zero-order valence-corrected chi connectivity index (χ0v) is 13.3. The van der Waals surface area contributed by atoms with Gasteiger partial charge in [0.15, 0.2) is 0 Å². The number of hydrogen-bond donors (Lipinski definition) is 2. The number of aromatic hydroxyl groups is 1. The Hall–Kier alpha value is -4.09. The normalized spacial score (nSPS) is 10.4. The van der Waals surface area contributed by atoms with Gasteiger partial charge in [-0.05, 0) is 19.1 Å². The van der Waals surface area contributed by atoms with Crippen LogP contribution >= 0.6 is 0 Å². The van der Waals surface area contributed by atoms with Crippen LogP contribution in [0.2, 0.25) is 0 Å². The molecule has 12 heteroatoms. The first-order chi connectivity index (χ1) is 12.1. The molecule has 0 spiro atoms. The Morgan fingerprint density at radius 2 is 1.42 bits per heavy atom. The topological polar surface area (TPSA) is 188 Å². The van der Waals surface area contributed by atoms with Crippen LogP contribution in [0, 0.1) is 30.3 Å². The van der Waals surface area contributed by atoms with Gasteiger partial charge < -0.3 is 10.8 Å². The number of nitro benzene ring substituents is 3. The van der Waals surface area contributed by atoms with Crippen molar-refractivity contribution in [2.75, 3.05) is 0 Å². The number of phenolic OH excluding ortho intramolecular Hbond substituents is 1. The predicted molar refractivity (Wildman–Crippen MR) is 91.5 cm³/mol. The summed E-state index contributed by atoms with van der Waals surface area (Å²) in [6.45, 7) is 1.77. The summed E-state index contributed by atoms with van der Waals surface area (Å²) in [4.78, 5) is 31.8. The number of nitrogens with two attached hydrogens (primary N) is 1. The van der Waals surface area contributed by atoms with Crippen molar-refractivity contribution in [3.8, 4) is 5.75 Å². The lowest BCUT2D eigenvalue weighted by Gasteiger charge is -1.97. The van der Waals surface area contributed by atoms with E-state index < -0.39 is 37.6 Å². The van der Waals surface area contributed by atoms with Crippen molar-refractivity contribution in [1.82, 2.24) is 0 Å². The van der Waals surface area contributed by atoms with E-state index in [9.17, 15) is 30.3 Å². The Bertz CT molecular complexity index is 828. The second-order valence-corrected chi connectivity index (χ2v) is 4.69. The third-order valence-electron chi connectivity index (χ3n) is 2.72. The number of para-hydroxylation sites is 1. The van der Waals surface area contributed by atoms with Crippen molar-refractivity contribution >= 4 is 28.6 Å². The fourth-order valence-electron chi connectivity index (χ4n) is 1.68. The number of phenols is 1. The molecule has 0 saturated heterocycles. The molecule has 0 fully saturated rings. The second kappa shape index (κ2) is 8.68. The van der Waals surface area contributed by atoms with Gasteiger partial charge in [-0.1, -0.05) is 18.2 Å². The van der Waals surface area contributed by atoms with E-state index in [0.29, 0.717) is 18.0 Å². The number of amidine groups is 1. The van der Waals surface area contributed by atoms with Crippen LogP contribution < -0.4 is 5.73 Å². The summed E-state index contributed by atoms with van der Waals surface area (Å²) in [6, 6.07) is 10.5. The number of benzene rings is 2. The number of nitro groups is 3. The number of aliphatic imine (C=N–C) groups is 1. The summed E-state index contributed by atoms with van der Waals surface area (Å²) in [6.07, 6.45) is 0. The minimum absolute atomic E-state index is 0.447. The highest BCUT2D eigenvalue weighted by Gasteiger charge is 2.30. The molecule has 2 rings (SSSR count). The van der Waals surface area contributed by atoms with Crippen molar-refractivity contribution in [3.05, 3.63) is 72.8 Å². The van der Waals surface area contributed by atoms with E-state index in [2.05, 4.69) is 4.99 Å². The van der Waals surface area contributed by atoms with E-state index in [1.165, 1.54) is 0 Å². The molecule has 3 N–H and O–H groups in total. The zero-order chi connectivity index (χ0) is 19.9. The molecular weight excluding hydrogens is 350 g/mol. The Kier molecular flexibility index (Phi) is 6.66. The van der Waals surface area contributed by atoms with Crippen LogP contribution in [0.15, 0.2) is 47.5 Å². The van der Waals surface area contributed by atoms with Crippen molar-refractivity contribution < 1.29 is 19.9 Å². The molecule has 26 heavy (non-hydrogen) atoms. The van der Waals surface area contributed by atoms with Gasteiger partial charge in [-0.25, -0.2) is 4.99 Å². The molecule has 0 unspecified atom stereocenters. The molecule has 0 atom stereocenters. The van der Waals surface area contributed by atoms with E-state index >= 15 is 0 Å². The number of rotatable bonds is 4. The average molecular weight is 363 g/mol. The number of hydrogen-bond acceptors (Lipinski definition) is 8. The number of non-ortho nitro benzene ring substituents is 1. The predicted octanol–water partition coefficient (Wildman–Crippen LogP) is 2.81. The first-order valence-corrected chi connectivity index (χ1v) is 6.79. The van der Waals surface area contributed by atoms with E-state index in [-0.39, 0.29) is 0 Å². The van der Waals surface area contributed by atoms with Crippen LogP contribution in [0.1, 0.15) is 6.92 Å². The van der Waals surface area contributed by atoms with Gasteiger partial charge in [0.05, 0.1) is 38.4 Å². The standard InChI is InChI=1S/C8H10N2.C6H3N3O7/c1-7(9)10-8-5-3-2-4-6-8;10-6-4(8(13)14)1-3(7(11)12)2-5(6)9(15)16/h2-6H,1H3,(H2,9,10);1-2,10H. The van der Waals surface area contributed by atoms with Crippen molar-refractivity contribution in [1.29, 1.82) is 0 Å². The maximum atomic E-state index is 10.4. The van der Waals surface area contributed by atoms with Gasteiger partial charge in [0, 0.05) is 0 Å². The summed E-state index contributed by atoms with van der Waals surface area (Å²) >= 11 is 0. The SMILES string of the molecule is CC(N)=Nc1ccccc1.O=[N+]([O-])c1cc([N+](=O)[O-])c(O)c([N+](=O)[O-])c1. The van der Waals surface area contributed by atoms with Crippen LogP contribution in [-0.2, 0) is 0 Å². The Morgan fingerprint density at radius 1 is 0.962 bits per heavy atom. The average Bonchev–Trinajstić information content (AvgIpc) is 2.55. The van der Waals surface area contributed by atoms with Gasteiger partial charge in [0.25, 0.3) is 11.4 Å². The Labute approximate surface area is 145 Å². The van der Waals surface area contributed by atoms with Gasteiger partial charge in [0.2, 0.25) is 0 Å². The highest BCUT2D eigenvalue weighted by atomic mass is 16.6. The largest absolute Gasteiger partial charge is 0.497 e. The molecule has 0 saturated carbocycles. The molecule has 12 nitrogen and oxygen atoms in total. The summed E-state index contributed by atoms with van der Waals surface area (Å²) in [7, 11) is 0. The maximum absolute atomic E-state index is 10.4. The lowest BCUT2D eigenvalue weighted by Crippen LogP contribution is -2.03. The van der Waals surface area contributed by atoms with Gasteiger partial charge in [-0.3, -0.25) is 30.3 Å². The fraction of sp³-hybridized carbons (Fsp3) is 0.0714. The van der Waals surface area contributed by atoms with Crippen LogP contribution in [0.5, 0.6) is 5.75 Å². The van der Waals surface area contributed by atoms with Gasteiger partial charge in [0.1, 0.15) is 0 Å². The molecule has 2 aromatic carbocycles. The van der Waals surface area contributed by atoms with E-state index in [1.807, 2.05) is 30.3 Å². The smallest absolute Gasteiger partial charge is 0.324 e. The molecular formula is C14H13N5O7. The molecule has 0 aromatic heterocycles. The molecule has 0 heterocycles. The third kappa shape index (κ3) is 5.52. The quantitative estimate of drug-likeness (QED) is 0.358. The monoisotopic (exact) mass is 363 g/mol. The van der Waals surface area contributed by atoms with Crippen LogP contribution in [0.25, 0.3) is 0 Å². The van der Waals surface area contributed by atoms with E-state index in [1.54, 1.807) is 6.92 Å². The minimum Gasteiger partial charge on any atom is -0.497 e. The molecule has 0 bridgehead atoms. The van der Waals surface area contributed by atoms with Gasteiger partial charge in [-0.2, -0.15) is 0 Å². The molecule has 0 aliphatic rings. The molecule has 0 aliphatic carbocycles. The van der Waals surface area contributed by atoms with Crippen molar-refractivity contribution in [2.45, 2.75) is 6.92 Å².